The molecule has 2 aromatic rings. The van der Waals surface area contributed by atoms with Crippen LogP contribution in [0, 0.1) is 0 Å². The van der Waals surface area contributed by atoms with Crippen molar-refractivity contribution in [3.05, 3.63) is 29.6 Å². The van der Waals surface area contributed by atoms with E-state index in [1.165, 1.54) is 15.6 Å². The summed E-state index contributed by atoms with van der Waals surface area (Å²) in [6.07, 6.45) is 0.634. The van der Waals surface area contributed by atoms with Crippen molar-refractivity contribution in [2.24, 2.45) is 0 Å². The van der Waals surface area contributed by atoms with E-state index in [1.54, 1.807) is 10.3 Å². The summed E-state index contributed by atoms with van der Waals surface area (Å²) in [5, 5.41) is 11.3. The lowest BCUT2D eigenvalue weighted by Crippen LogP contribution is -2.36. The highest BCUT2D eigenvalue weighted by atomic mass is 32.2. The number of carbonyl (C=O) groups is 1. The zero-order chi connectivity index (χ0) is 16.4. The van der Waals surface area contributed by atoms with E-state index >= 15 is 0 Å². The first-order chi connectivity index (χ1) is 11.0. The minimum atomic E-state index is -3.55. The second-order valence-electron chi connectivity index (χ2n) is 5.52. The molecule has 1 aliphatic heterocycles. The van der Waals surface area contributed by atoms with Gasteiger partial charge in [0.05, 0.1) is 6.54 Å². The minimum Gasteiger partial charge on any atom is -0.480 e. The van der Waals surface area contributed by atoms with E-state index in [0.29, 0.717) is 37.5 Å². The third-order valence-electron chi connectivity index (χ3n) is 3.97. The average molecular weight is 354 g/mol. The Labute approximate surface area is 139 Å². The van der Waals surface area contributed by atoms with Gasteiger partial charge in [-0.15, -0.1) is 11.3 Å². The predicted octanol–water partition coefficient (Wildman–Crippen LogP) is 1.68. The van der Waals surface area contributed by atoms with E-state index in [-0.39, 0.29) is 6.54 Å². The number of carboxylic acid groups (broad SMARTS) is 1. The van der Waals surface area contributed by atoms with E-state index in [0.717, 1.165) is 10.1 Å². The Hall–Kier alpha value is -1.48. The van der Waals surface area contributed by atoms with Crippen molar-refractivity contribution in [3.8, 4) is 0 Å². The van der Waals surface area contributed by atoms with Crippen molar-refractivity contribution in [1.29, 1.82) is 0 Å². The summed E-state index contributed by atoms with van der Waals surface area (Å²) in [4.78, 5) is 13.0. The monoisotopic (exact) mass is 354 g/mol. The highest BCUT2D eigenvalue weighted by molar-refractivity contribution is 7.89. The van der Waals surface area contributed by atoms with Crippen molar-refractivity contribution >= 4 is 37.4 Å². The summed E-state index contributed by atoms with van der Waals surface area (Å²) in [7, 11) is -3.55. The van der Waals surface area contributed by atoms with Crippen LogP contribution in [0.3, 0.4) is 0 Å². The van der Waals surface area contributed by atoms with Crippen LogP contribution in [-0.4, -0.2) is 61.4 Å². The normalized spacial score (nSPS) is 18.1. The van der Waals surface area contributed by atoms with Crippen molar-refractivity contribution in [1.82, 2.24) is 9.21 Å². The third kappa shape index (κ3) is 3.40. The summed E-state index contributed by atoms with van der Waals surface area (Å²) >= 11 is 1.43. The first-order valence-electron chi connectivity index (χ1n) is 7.39. The zero-order valence-electron chi connectivity index (χ0n) is 12.5. The molecule has 1 aromatic heterocycles. The Bertz CT molecular complexity index is 816. The number of nitrogens with zero attached hydrogens (tertiary/aromatic N) is 2. The lowest BCUT2D eigenvalue weighted by atomic mass is 10.3. The first-order valence-corrected chi connectivity index (χ1v) is 9.71. The minimum absolute atomic E-state index is 0.0464. The summed E-state index contributed by atoms with van der Waals surface area (Å²) in [5.74, 6) is -0.884. The molecular weight excluding hydrogens is 336 g/mol. The molecule has 2 heterocycles. The molecule has 1 aromatic carbocycles. The van der Waals surface area contributed by atoms with Crippen LogP contribution in [0.15, 0.2) is 34.5 Å². The molecule has 0 bridgehead atoms. The number of rotatable bonds is 4. The molecule has 0 aliphatic carbocycles. The van der Waals surface area contributed by atoms with Crippen LogP contribution in [-0.2, 0) is 14.8 Å². The molecule has 23 heavy (non-hydrogen) atoms. The summed E-state index contributed by atoms with van der Waals surface area (Å²) in [6, 6.07) is 7.47. The Morgan fingerprint density at radius 2 is 1.96 bits per heavy atom. The van der Waals surface area contributed by atoms with Crippen LogP contribution >= 0.6 is 11.3 Å². The molecule has 8 heteroatoms. The topological polar surface area (TPSA) is 77.9 Å². The standard InChI is InChI=1S/C15H18N2O4S2/c18-15(19)10-16-6-3-7-17(9-8-16)23(20,21)14-11-22-13-5-2-1-4-12(13)14/h1-2,4-5,11H,3,6-10H2,(H,18,19). The average Bonchev–Trinajstić information content (AvgIpc) is 2.80. The number of thiophene rings is 1. The van der Waals surface area contributed by atoms with Gasteiger partial charge >= 0.3 is 5.97 Å². The van der Waals surface area contributed by atoms with Gasteiger partial charge in [0.15, 0.2) is 0 Å². The number of carboxylic acids is 1. The number of hydrogen-bond donors (Lipinski definition) is 1. The van der Waals surface area contributed by atoms with Gasteiger partial charge in [-0.2, -0.15) is 4.31 Å². The molecule has 0 spiro atoms. The third-order valence-corrected chi connectivity index (χ3v) is 7.02. The highest BCUT2D eigenvalue weighted by Gasteiger charge is 2.29. The first kappa shape index (κ1) is 16.4. The number of fused-ring (bicyclic) bond motifs is 1. The van der Waals surface area contributed by atoms with E-state index in [4.69, 9.17) is 5.11 Å². The molecule has 1 N–H and O–H groups in total. The smallest absolute Gasteiger partial charge is 0.317 e. The van der Waals surface area contributed by atoms with Gasteiger partial charge in [-0.25, -0.2) is 8.42 Å². The van der Waals surface area contributed by atoms with E-state index in [2.05, 4.69) is 0 Å². The number of aliphatic carboxylic acids is 1. The van der Waals surface area contributed by atoms with Gasteiger partial charge in [0, 0.05) is 41.6 Å². The van der Waals surface area contributed by atoms with Gasteiger partial charge in [0.2, 0.25) is 10.0 Å². The lowest BCUT2D eigenvalue weighted by Gasteiger charge is -2.20. The molecule has 3 rings (SSSR count). The Balaban J connectivity index is 1.84. The van der Waals surface area contributed by atoms with E-state index in [9.17, 15) is 13.2 Å². The van der Waals surface area contributed by atoms with Crippen LogP contribution in [0.25, 0.3) is 10.1 Å². The van der Waals surface area contributed by atoms with Crippen LogP contribution in [0.4, 0.5) is 0 Å². The molecule has 1 saturated heterocycles. The molecule has 1 fully saturated rings. The van der Waals surface area contributed by atoms with E-state index < -0.39 is 16.0 Å². The van der Waals surface area contributed by atoms with E-state index in [1.807, 2.05) is 24.3 Å². The Kier molecular flexibility index (Phi) is 4.67. The maximum absolute atomic E-state index is 12.9. The molecular formula is C15H18N2O4S2. The molecule has 0 radical (unpaired) electrons. The van der Waals surface area contributed by atoms with Crippen molar-refractivity contribution < 1.29 is 18.3 Å². The molecule has 0 saturated carbocycles. The Morgan fingerprint density at radius 3 is 2.74 bits per heavy atom. The van der Waals surface area contributed by atoms with Gasteiger partial charge < -0.3 is 5.11 Å². The molecule has 0 atom stereocenters. The van der Waals surface area contributed by atoms with Crippen LogP contribution in [0.2, 0.25) is 0 Å². The predicted molar refractivity (Wildman–Crippen MR) is 89.3 cm³/mol. The molecule has 1 aliphatic rings. The van der Waals surface area contributed by atoms with Crippen molar-refractivity contribution in [2.45, 2.75) is 11.3 Å². The fourth-order valence-electron chi connectivity index (χ4n) is 2.83. The lowest BCUT2D eigenvalue weighted by molar-refractivity contribution is -0.138. The molecule has 0 amide bonds. The Morgan fingerprint density at radius 1 is 1.17 bits per heavy atom. The van der Waals surface area contributed by atoms with Gasteiger partial charge in [-0.1, -0.05) is 18.2 Å². The molecule has 124 valence electrons. The quantitative estimate of drug-likeness (QED) is 0.904. The zero-order valence-corrected chi connectivity index (χ0v) is 14.1. The fraction of sp³-hybridized carbons (Fsp3) is 0.400. The van der Waals surface area contributed by atoms with Crippen LogP contribution in [0.1, 0.15) is 6.42 Å². The maximum atomic E-state index is 12.9. The summed E-state index contributed by atoms with van der Waals surface area (Å²) < 4.78 is 28.3. The maximum Gasteiger partial charge on any atom is 0.317 e. The largest absolute Gasteiger partial charge is 0.480 e. The molecule has 6 nitrogen and oxygen atoms in total. The van der Waals surface area contributed by atoms with Gasteiger partial charge in [-0.05, 0) is 12.5 Å². The second-order valence-corrected chi connectivity index (χ2v) is 8.34. The number of sulfonamides is 1. The second kappa shape index (κ2) is 6.56. The van der Waals surface area contributed by atoms with Crippen LogP contribution in [0.5, 0.6) is 0 Å². The number of hydrogen-bond acceptors (Lipinski definition) is 5. The number of benzene rings is 1. The van der Waals surface area contributed by atoms with Crippen molar-refractivity contribution in [3.63, 3.8) is 0 Å². The fourth-order valence-corrected chi connectivity index (χ4v) is 5.77. The van der Waals surface area contributed by atoms with Crippen LogP contribution < -0.4 is 0 Å². The highest BCUT2D eigenvalue weighted by Crippen LogP contribution is 2.31. The van der Waals surface area contributed by atoms with Gasteiger partial charge in [-0.3, -0.25) is 9.69 Å². The summed E-state index contributed by atoms with van der Waals surface area (Å²) in [6.45, 7) is 1.73. The summed E-state index contributed by atoms with van der Waals surface area (Å²) in [5.41, 5.74) is 0. The molecule has 0 unspecified atom stereocenters. The van der Waals surface area contributed by atoms with Crippen molar-refractivity contribution in [2.75, 3.05) is 32.7 Å². The SMILES string of the molecule is O=C(O)CN1CCCN(S(=O)(=O)c2csc3ccccc23)CC1. The van der Waals surface area contributed by atoms with Gasteiger partial charge in [0.25, 0.3) is 0 Å². The van der Waals surface area contributed by atoms with Gasteiger partial charge in [0.1, 0.15) is 4.90 Å².